The second kappa shape index (κ2) is 11.9. The summed E-state index contributed by atoms with van der Waals surface area (Å²) >= 11 is 0. The van der Waals surface area contributed by atoms with Crippen LogP contribution in [0.4, 0.5) is 10.5 Å². The quantitative estimate of drug-likeness (QED) is 0.277. The summed E-state index contributed by atoms with van der Waals surface area (Å²) in [7, 11) is 0. The van der Waals surface area contributed by atoms with Crippen molar-refractivity contribution in [2.45, 2.75) is 39.5 Å². The maximum Gasteiger partial charge on any atom is 0.322 e. The van der Waals surface area contributed by atoms with Gasteiger partial charge in [-0.1, -0.05) is 91.9 Å². The smallest absolute Gasteiger partial charge is 0.322 e. The number of aryl methyl sites for hydroxylation is 1. The van der Waals surface area contributed by atoms with Gasteiger partial charge < -0.3 is 15.0 Å². The third-order valence-corrected chi connectivity index (χ3v) is 6.15. The molecule has 1 unspecified atom stereocenters. The van der Waals surface area contributed by atoms with Gasteiger partial charge in [-0.2, -0.15) is 0 Å². The van der Waals surface area contributed by atoms with E-state index in [1.807, 2.05) is 89.8 Å². The number of carbonyl (C=O) groups excluding carboxylic acids is 1. The van der Waals surface area contributed by atoms with E-state index in [2.05, 4.69) is 43.4 Å². The molecular weight excluding hydrogens is 432 g/mol. The van der Waals surface area contributed by atoms with Crippen LogP contribution in [-0.2, 0) is 19.6 Å². The number of ether oxygens (including phenoxy) is 1. The SMILES string of the molecule is CCc1ccc(NC(=O)N(Cc2ccc(OCc3ccccc3)cc2)C(C)c2ccccc2)cc1. The summed E-state index contributed by atoms with van der Waals surface area (Å²) in [6.45, 7) is 5.19. The monoisotopic (exact) mass is 464 g/mol. The Morgan fingerprint density at radius 2 is 1.37 bits per heavy atom. The third-order valence-electron chi connectivity index (χ3n) is 6.15. The first kappa shape index (κ1) is 24.1. The number of urea groups is 1. The largest absolute Gasteiger partial charge is 0.489 e. The number of hydrogen-bond acceptors (Lipinski definition) is 2. The van der Waals surface area contributed by atoms with Gasteiger partial charge in [-0.15, -0.1) is 0 Å². The predicted molar refractivity (Wildman–Crippen MR) is 142 cm³/mol. The van der Waals surface area contributed by atoms with E-state index < -0.39 is 0 Å². The van der Waals surface area contributed by atoms with Crippen molar-refractivity contribution < 1.29 is 9.53 Å². The first-order valence-corrected chi connectivity index (χ1v) is 12.1. The van der Waals surface area contributed by atoms with Gasteiger partial charge in [-0.05, 0) is 59.9 Å². The molecular formula is C31H32N2O2. The van der Waals surface area contributed by atoms with Crippen LogP contribution in [0.25, 0.3) is 0 Å². The maximum atomic E-state index is 13.4. The zero-order valence-corrected chi connectivity index (χ0v) is 20.4. The van der Waals surface area contributed by atoms with Crippen LogP contribution in [0.3, 0.4) is 0 Å². The van der Waals surface area contributed by atoms with Crippen molar-refractivity contribution in [2.75, 3.05) is 5.32 Å². The van der Waals surface area contributed by atoms with Crippen molar-refractivity contribution in [1.29, 1.82) is 0 Å². The molecule has 35 heavy (non-hydrogen) atoms. The predicted octanol–water partition coefficient (Wildman–Crippen LogP) is 7.62. The molecule has 4 rings (SSSR count). The molecule has 0 saturated carbocycles. The summed E-state index contributed by atoms with van der Waals surface area (Å²) in [6.07, 6.45) is 0.969. The molecule has 0 radical (unpaired) electrons. The van der Waals surface area contributed by atoms with Crippen molar-refractivity contribution in [3.05, 3.63) is 131 Å². The van der Waals surface area contributed by atoms with Gasteiger partial charge in [-0.3, -0.25) is 0 Å². The van der Waals surface area contributed by atoms with Crippen molar-refractivity contribution in [2.24, 2.45) is 0 Å². The highest BCUT2D eigenvalue weighted by Gasteiger charge is 2.22. The topological polar surface area (TPSA) is 41.6 Å². The van der Waals surface area contributed by atoms with Crippen molar-refractivity contribution in [3.63, 3.8) is 0 Å². The molecule has 4 aromatic rings. The van der Waals surface area contributed by atoms with Gasteiger partial charge >= 0.3 is 6.03 Å². The fourth-order valence-electron chi connectivity index (χ4n) is 3.94. The van der Waals surface area contributed by atoms with E-state index in [9.17, 15) is 4.79 Å². The first-order valence-electron chi connectivity index (χ1n) is 12.1. The molecule has 1 N–H and O–H groups in total. The number of carbonyl (C=O) groups is 1. The molecule has 178 valence electrons. The van der Waals surface area contributed by atoms with E-state index in [0.717, 1.165) is 34.5 Å². The highest BCUT2D eigenvalue weighted by atomic mass is 16.5. The molecule has 0 saturated heterocycles. The van der Waals surface area contributed by atoms with E-state index in [4.69, 9.17) is 4.74 Å². The minimum absolute atomic E-state index is 0.0971. The Bertz CT molecular complexity index is 1190. The molecule has 0 aromatic heterocycles. The molecule has 0 heterocycles. The molecule has 1 atom stereocenters. The average Bonchev–Trinajstić information content (AvgIpc) is 2.92. The van der Waals surface area contributed by atoms with E-state index in [0.29, 0.717) is 13.2 Å². The van der Waals surface area contributed by atoms with E-state index in [1.54, 1.807) is 0 Å². The van der Waals surface area contributed by atoms with Gasteiger partial charge in [-0.25, -0.2) is 4.79 Å². The number of hydrogen-bond donors (Lipinski definition) is 1. The number of rotatable bonds is 9. The standard InChI is InChI=1S/C31H32N2O2/c1-3-25-14-18-29(19-15-25)32-31(34)33(24(2)28-12-8-5-9-13-28)22-26-16-20-30(21-17-26)35-23-27-10-6-4-7-11-27/h4-21,24H,3,22-23H2,1-2H3,(H,32,34). The fourth-order valence-corrected chi connectivity index (χ4v) is 3.94. The summed E-state index contributed by atoms with van der Waals surface area (Å²) in [5, 5.41) is 3.08. The summed E-state index contributed by atoms with van der Waals surface area (Å²) in [4.78, 5) is 15.3. The molecule has 0 aliphatic rings. The fraction of sp³-hybridized carbons (Fsp3) is 0.194. The van der Waals surface area contributed by atoms with Crippen molar-refractivity contribution >= 4 is 11.7 Å². The molecule has 0 spiro atoms. The lowest BCUT2D eigenvalue weighted by Crippen LogP contribution is -2.36. The van der Waals surface area contributed by atoms with Crippen LogP contribution in [0.2, 0.25) is 0 Å². The Kier molecular flexibility index (Phi) is 8.18. The Balaban J connectivity index is 1.47. The summed E-state index contributed by atoms with van der Waals surface area (Å²) in [6, 6.07) is 36.0. The molecule has 4 heteroatoms. The van der Waals surface area contributed by atoms with Gasteiger partial charge in [0, 0.05) is 12.2 Å². The van der Waals surface area contributed by atoms with E-state index in [1.165, 1.54) is 5.56 Å². The van der Waals surface area contributed by atoms with Gasteiger partial charge in [0.15, 0.2) is 0 Å². The normalized spacial score (nSPS) is 11.5. The summed E-state index contributed by atoms with van der Waals surface area (Å²) in [5.41, 5.74) is 5.29. The lowest BCUT2D eigenvalue weighted by Gasteiger charge is -2.30. The first-order chi connectivity index (χ1) is 17.1. The van der Waals surface area contributed by atoms with Crippen LogP contribution in [-0.4, -0.2) is 10.9 Å². The van der Waals surface area contributed by atoms with Gasteiger partial charge in [0.1, 0.15) is 12.4 Å². The van der Waals surface area contributed by atoms with E-state index >= 15 is 0 Å². The molecule has 4 nitrogen and oxygen atoms in total. The lowest BCUT2D eigenvalue weighted by molar-refractivity contribution is 0.189. The summed E-state index contributed by atoms with van der Waals surface area (Å²) in [5.74, 6) is 0.806. The Hall–Kier alpha value is -4.05. The van der Waals surface area contributed by atoms with Gasteiger partial charge in [0.05, 0.1) is 6.04 Å². The number of benzene rings is 4. The zero-order chi connectivity index (χ0) is 24.5. The van der Waals surface area contributed by atoms with E-state index in [-0.39, 0.29) is 12.1 Å². The van der Waals surface area contributed by atoms with Crippen LogP contribution in [0.15, 0.2) is 109 Å². The highest BCUT2D eigenvalue weighted by molar-refractivity contribution is 5.89. The van der Waals surface area contributed by atoms with Crippen molar-refractivity contribution in [3.8, 4) is 5.75 Å². The number of nitrogens with zero attached hydrogens (tertiary/aromatic N) is 1. The Labute approximate surface area is 208 Å². The van der Waals surface area contributed by atoms with Crippen LogP contribution >= 0.6 is 0 Å². The zero-order valence-electron chi connectivity index (χ0n) is 20.4. The lowest BCUT2D eigenvalue weighted by atomic mass is 10.1. The minimum atomic E-state index is -0.130. The molecule has 0 aliphatic heterocycles. The Morgan fingerprint density at radius 1 is 0.771 bits per heavy atom. The second-order valence-corrected chi connectivity index (χ2v) is 8.61. The third kappa shape index (κ3) is 6.73. The molecule has 0 fully saturated rings. The van der Waals surface area contributed by atoms with Gasteiger partial charge in [0.2, 0.25) is 0 Å². The number of nitrogens with one attached hydrogen (secondary N) is 1. The van der Waals surface area contributed by atoms with Crippen LogP contribution < -0.4 is 10.1 Å². The average molecular weight is 465 g/mol. The van der Waals surface area contributed by atoms with Gasteiger partial charge in [0.25, 0.3) is 0 Å². The maximum absolute atomic E-state index is 13.4. The minimum Gasteiger partial charge on any atom is -0.489 e. The van der Waals surface area contributed by atoms with Crippen LogP contribution in [0, 0.1) is 0 Å². The second-order valence-electron chi connectivity index (χ2n) is 8.61. The number of anilines is 1. The Morgan fingerprint density at radius 3 is 2.00 bits per heavy atom. The molecule has 0 aliphatic carbocycles. The molecule has 4 aromatic carbocycles. The van der Waals surface area contributed by atoms with Crippen molar-refractivity contribution in [1.82, 2.24) is 4.90 Å². The molecule has 2 amide bonds. The summed E-state index contributed by atoms with van der Waals surface area (Å²) < 4.78 is 5.92. The molecule has 0 bridgehead atoms. The highest BCUT2D eigenvalue weighted by Crippen LogP contribution is 2.25. The number of amides is 2. The van der Waals surface area contributed by atoms with Crippen LogP contribution in [0.5, 0.6) is 5.75 Å². The van der Waals surface area contributed by atoms with Crippen LogP contribution in [0.1, 0.15) is 42.1 Å².